The Morgan fingerprint density at radius 1 is 1.25 bits per heavy atom. The number of halogens is 1. The molecule has 2 fully saturated rings. The number of piperazine rings is 1. The van der Waals surface area contributed by atoms with E-state index in [9.17, 15) is 4.39 Å². The average molecular weight is 276 g/mol. The number of benzene rings is 1. The third-order valence-corrected chi connectivity index (χ3v) is 5.06. The number of hydrogen-bond donors (Lipinski definition) is 1. The summed E-state index contributed by atoms with van der Waals surface area (Å²) in [6.07, 6.45) is 6.58. The third-order valence-electron chi connectivity index (χ3n) is 5.06. The largest absolute Gasteiger partial charge is 0.365 e. The van der Waals surface area contributed by atoms with Crippen molar-refractivity contribution >= 4 is 5.69 Å². The number of nitrogens with zero attached hydrogens (tertiary/aromatic N) is 1. The predicted molar refractivity (Wildman–Crippen MR) is 81.8 cm³/mol. The van der Waals surface area contributed by atoms with Crippen LogP contribution >= 0.6 is 0 Å². The van der Waals surface area contributed by atoms with Gasteiger partial charge in [-0.25, -0.2) is 4.39 Å². The molecule has 1 heterocycles. The van der Waals surface area contributed by atoms with Crippen molar-refractivity contribution in [2.45, 2.75) is 57.5 Å². The third kappa shape index (κ3) is 2.56. The number of rotatable bonds is 1. The lowest BCUT2D eigenvalue weighted by molar-refractivity contribution is 0.200. The Bertz CT molecular complexity index is 480. The first-order valence-electron chi connectivity index (χ1n) is 7.87. The summed E-state index contributed by atoms with van der Waals surface area (Å²) in [5.74, 6) is -0.138. The average Bonchev–Trinajstić information content (AvgIpc) is 2.43. The summed E-state index contributed by atoms with van der Waals surface area (Å²) in [7, 11) is 0. The summed E-state index contributed by atoms with van der Waals surface area (Å²) in [5, 5.41) is 3.80. The molecule has 1 saturated heterocycles. The first kappa shape index (κ1) is 13.9. The van der Waals surface area contributed by atoms with E-state index < -0.39 is 0 Å². The summed E-state index contributed by atoms with van der Waals surface area (Å²) in [4.78, 5) is 2.48. The molecule has 20 heavy (non-hydrogen) atoms. The Labute approximate surface area is 121 Å². The van der Waals surface area contributed by atoms with Crippen LogP contribution in [-0.2, 0) is 0 Å². The van der Waals surface area contributed by atoms with E-state index in [2.05, 4.69) is 17.1 Å². The molecule has 0 aromatic heterocycles. The Balaban J connectivity index is 1.86. The van der Waals surface area contributed by atoms with Gasteiger partial charge in [0.15, 0.2) is 0 Å². The van der Waals surface area contributed by atoms with Gasteiger partial charge in [-0.15, -0.1) is 0 Å². The molecule has 0 bridgehead atoms. The Hall–Kier alpha value is -1.09. The van der Waals surface area contributed by atoms with Crippen LogP contribution in [0.2, 0.25) is 0 Å². The van der Waals surface area contributed by atoms with Gasteiger partial charge in [0.25, 0.3) is 0 Å². The fraction of sp³-hybridized carbons (Fsp3) is 0.647. The van der Waals surface area contributed by atoms with Crippen molar-refractivity contribution in [3.63, 3.8) is 0 Å². The maximum absolute atomic E-state index is 13.3. The maximum atomic E-state index is 13.3. The Kier molecular flexibility index (Phi) is 3.72. The van der Waals surface area contributed by atoms with E-state index in [1.54, 1.807) is 12.1 Å². The SMILES string of the molecule is Cc1cc(F)ccc1N1CC2(CCCCC2)NCC1C. The highest BCUT2D eigenvalue weighted by molar-refractivity contribution is 5.55. The number of aryl methyl sites for hydroxylation is 1. The molecule has 1 aromatic rings. The minimum Gasteiger partial charge on any atom is -0.365 e. The highest BCUT2D eigenvalue weighted by Crippen LogP contribution is 2.34. The molecule has 110 valence electrons. The lowest BCUT2D eigenvalue weighted by atomic mass is 9.79. The van der Waals surface area contributed by atoms with E-state index >= 15 is 0 Å². The Morgan fingerprint density at radius 2 is 2.00 bits per heavy atom. The fourth-order valence-corrected chi connectivity index (χ4v) is 3.84. The smallest absolute Gasteiger partial charge is 0.123 e. The van der Waals surface area contributed by atoms with Crippen molar-refractivity contribution in [3.05, 3.63) is 29.6 Å². The lowest BCUT2D eigenvalue weighted by Crippen LogP contribution is -2.64. The van der Waals surface area contributed by atoms with Gasteiger partial charge in [-0.2, -0.15) is 0 Å². The Morgan fingerprint density at radius 3 is 2.70 bits per heavy atom. The van der Waals surface area contributed by atoms with Crippen molar-refractivity contribution in [2.75, 3.05) is 18.0 Å². The molecule has 1 unspecified atom stereocenters. The van der Waals surface area contributed by atoms with Gasteiger partial charge in [-0.3, -0.25) is 0 Å². The van der Waals surface area contributed by atoms with Gasteiger partial charge in [-0.1, -0.05) is 19.3 Å². The molecule has 1 atom stereocenters. The topological polar surface area (TPSA) is 15.3 Å². The van der Waals surface area contributed by atoms with Crippen LogP contribution in [0, 0.1) is 12.7 Å². The molecule has 0 radical (unpaired) electrons. The molecule has 3 heteroatoms. The summed E-state index contributed by atoms with van der Waals surface area (Å²) in [5.41, 5.74) is 2.53. The van der Waals surface area contributed by atoms with Gasteiger partial charge < -0.3 is 10.2 Å². The normalized spacial score (nSPS) is 25.9. The fourth-order valence-electron chi connectivity index (χ4n) is 3.84. The summed E-state index contributed by atoms with van der Waals surface area (Å²) >= 11 is 0. The highest BCUT2D eigenvalue weighted by atomic mass is 19.1. The second kappa shape index (κ2) is 5.36. The molecule has 1 aliphatic carbocycles. The molecule has 2 nitrogen and oxygen atoms in total. The molecule has 2 aliphatic rings. The van der Waals surface area contributed by atoms with E-state index in [-0.39, 0.29) is 11.4 Å². The minimum atomic E-state index is -0.138. The van der Waals surface area contributed by atoms with Crippen molar-refractivity contribution in [1.82, 2.24) is 5.32 Å². The van der Waals surface area contributed by atoms with E-state index in [1.807, 2.05) is 13.0 Å². The van der Waals surface area contributed by atoms with Crippen molar-refractivity contribution in [2.24, 2.45) is 0 Å². The molecular weight excluding hydrogens is 251 g/mol. The van der Waals surface area contributed by atoms with Crippen LogP contribution in [0.4, 0.5) is 10.1 Å². The van der Waals surface area contributed by atoms with Crippen molar-refractivity contribution < 1.29 is 4.39 Å². The molecule has 0 amide bonds. The number of nitrogens with one attached hydrogen (secondary N) is 1. The van der Waals surface area contributed by atoms with Crippen LogP contribution in [0.5, 0.6) is 0 Å². The zero-order valence-corrected chi connectivity index (χ0v) is 12.6. The van der Waals surface area contributed by atoms with Gasteiger partial charge in [0, 0.05) is 30.4 Å². The standard InChI is InChI=1S/C17H25FN2/c1-13-10-15(18)6-7-16(13)20-12-17(19-11-14(20)2)8-4-3-5-9-17/h6-7,10,14,19H,3-5,8-9,11-12H2,1-2H3. The molecule has 1 aliphatic heterocycles. The van der Waals surface area contributed by atoms with E-state index in [0.717, 1.165) is 18.7 Å². The lowest BCUT2D eigenvalue weighted by Gasteiger charge is -2.50. The molecule has 1 spiro atoms. The van der Waals surface area contributed by atoms with E-state index in [1.165, 1.54) is 37.8 Å². The minimum absolute atomic E-state index is 0.138. The van der Waals surface area contributed by atoms with Crippen LogP contribution < -0.4 is 10.2 Å². The molecule has 1 aromatic carbocycles. The zero-order chi connectivity index (χ0) is 14.2. The zero-order valence-electron chi connectivity index (χ0n) is 12.6. The van der Waals surface area contributed by atoms with Gasteiger partial charge >= 0.3 is 0 Å². The first-order valence-corrected chi connectivity index (χ1v) is 7.87. The van der Waals surface area contributed by atoms with Crippen LogP contribution in [0.3, 0.4) is 0 Å². The first-order chi connectivity index (χ1) is 9.60. The monoisotopic (exact) mass is 276 g/mol. The quantitative estimate of drug-likeness (QED) is 0.842. The number of hydrogen-bond acceptors (Lipinski definition) is 2. The molecule has 3 rings (SSSR count). The molecular formula is C17H25FN2. The molecule has 1 saturated carbocycles. The van der Waals surface area contributed by atoms with Crippen molar-refractivity contribution in [3.8, 4) is 0 Å². The summed E-state index contributed by atoms with van der Waals surface area (Å²) < 4.78 is 13.3. The second-order valence-electron chi connectivity index (χ2n) is 6.63. The van der Waals surface area contributed by atoms with Gasteiger partial charge in [-0.05, 0) is 50.5 Å². The van der Waals surface area contributed by atoms with Crippen LogP contribution in [0.15, 0.2) is 18.2 Å². The predicted octanol–water partition coefficient (Wildman–Crippen LogP) is 3.64. The van der Waals surface area contributed by atoms with Crippen LogP contribution in [0.1, 0.15) is 44.6 Å². The van der Waals surface area contributed by atoms with E-state index in [4.69, 9.17) is 0 Å². The highest BCUT2D eigenvalue weighted by Gasteiger charge is 2.38. The van der Waals surface area contributed by atoms with E-state index in [0.29, 0.717) is 6.04 Å². The second-order valence-corrected chi connectivity index (χ2v) is 6.63. The van der Waals surface area contributed by atoms with Crippen LogP contribution in [0.25, 0.3) is 0 Å². The van der Waals surface area contributed by atoms with Gasteiger partial charge in [0.1, 0.15) is 5.82 Å². The number of anilines is 1. The van der Waals surface area contributed by atoms with Crippen LogP contribution in [-0.4, -0.2) is 24.7 Å². The van der Waals surface area contributed by atoms with Gasteiger partial charge in [0.2, 0.25) is 0 Å². The maximum Gasteiger partial charge on any atom is 0.123 e. The summed E-state index contributed by atoms with van der Waals surface area (Å²) in [6, 6.07) is 5.65. The molecule has 1 N–H and O–H groups in total. The van der Waals surface area contributed by atoms with Gasteiger partial charge in [0.05, 0.1) is 0 Å². The summed E-state index contributed by atoms with van der Waals surface area (Å²) in [6.45, 7) is 6.35. The van der Waals surface area contributed by atoms with Crippen molar-refractivity contribution in [1.29, 1.82) is 0 Å².